The van der Waals surface area contributed by atoms with Crippen LogP contribution >= 0.6 is 0 Å². The van der Waals surface area contributed by atoms with E-state index < -0.39 is 48.1 Å². The molecule has 12 nitrogen and oxygen atoms in total. The third kappa shape index (κ3) is 11.1. The maximum Gasteiger partial charge on any atom is 0.347 e. The highest BCUT2D eigenvalue weighted by atomic mass is 19.1. The van der Waals surface area contributed by atoms with Crippen molar-refractivity contribution in [3.8, 4) is 0 Å². The van der Waals surface area contributed by atoms with Gasteiger partial charge in [-0.25, -0.2) is 14.2 Å². The van der Waals surface area contributed by atoms with Crippen molar-refractivity contribution < 1.29 is 28.2 Å². The van der Waals surface area contributed by atoms with Gasteiger partial charge in [0.05, 0.1) is 6.33 Å². The number of aromatic amines is 1. The molecule has 254 valence electrons. The summed E-state index contributed by atoms with van der Waals surface area (Å²) in [6.07, 6.45) is 11.7. The van der Waals surface area contributed by atoms with Crippen LogP contribution in [0.5, 0.6) is 0 Å². The number of carbonyl (C=O) groups is 2. The number of carbonyl (C=O) groups excluding carboxylic acids is 2. The van der Waals surface area contributed by atoms with Crippen molar-refractivity contribution in [3.63, 3.8) is 0 Å². The van der Waals surface area contributed by atoms with Crippen LogP contribution in [0.1, 0.15) is 123 Å². The Kier molecular flexibility index (Phi) is 15.2. The molecular weight excluding hydrogens is 583 g/mol. The minimum Gasteiger partial charge on any atom is -0.460 e. The van der Waals surface area contributed by atoms with Gasteiger partial charge in [0.1, 0.15) is 31.2 Å². The Morgan fingerprint density at radius 3 is 2.31 bits per heavy atom. The second-order valence-corrected chi connectivity index (χ2v) is 12.3. The number of fused-ring (bicyclic) bond motifs is 1. The third-order valence-electron chi connectivity index (χ3n) is 8.68. The first-order valence-electron chi connectivity index (χ1n) is 16.8. The maximum atomic E-state index is 15.0. The molecule has 0 aromatic carbocycles. The van der Waals surface area contributed by atoms with Gasteiger partial charge in [-0.2, -0.15) is 4.98 Å². The first-order valence-corrected chi connectivity index (χ1v) is 16.8. The second-order valence-electron chi connectivity index (χ2n) is 12.3. The molecule has 1 unspecified atom stereocenters. The van der Waals surface area contributed by atoms with E-state index in [2.05, 4.69) is 21.9 Å². The van der Waals surface area contributed by atoms with Crippen LogP contribution in [0.3, 0.4) is 0 Å². The van der Waals surface area contributed by atoms with Gasteiger partial charge in [-0.15, -0.1) is 0 Å². The molecule has 1 aliphatic heterocycles. The van der Waals surface area contributed by atoms with Gasteiger partial charge in [0.15, 0.2) is 17.3 Å². The molecular formula is C32H53FN6O6. The molecule has 3 heterocycles. The highest BCUT2D eigenvalue weighted by Gasteiger charge is 2.39. The highest BCUT2D eigenvalue weighted by molar-refractivity contribution is 5.82. The molecule has 0 radical (unpaired) electrons. The van der Waals surface area contributed by atoms with Gasteiger partial charge >= 0.3 is 11.9 Å². The predicted octanol–water partition coefficient (Wildman–Crippen LogP) is 5.25. The minimum absolute atomic E-state index is 0.0520. The number of unbranched alkanes of at least 4 members (excludes halogenated alkanes) is 11. The zero-order chi connectivity index (χ0) is 32.8. The average molecular weight is 637 g/mol. The molecule has 0 spiro atoms. The molecule has 2 aromatic rings. The number of imidazole rings is 1. The van der Waals surface area contributed by atoms with Gasteiger partial charge < -0.3 is 25.7 Å². The highest BCUT2D eigenvalue weighted by Crippen LogP contribution is 2.32. The monoisotopic (exact) mass is 636 g/mol. The van der Waals surface area contributed by atoms with Crippen molar-refractivity contribution >= 4 is 29.1 Å². The lowest BCUT2D eigenvalue weighted by atomic mass is 10.0. The lowest BCUT2D eigenvalue weighted by Gasteiger charge is -2.22. The van der Waals surface area contributed by atoms with E-state index in [4.69, 9.17) is 25.7 Å². The summed E-state index contributed by atoms with van der Waals surface area (Å²) in [6.45, 7) is 5.63. The van der Waals surface area contributed by atoms with Gasteiger partial charge in [0.25, 0.3) is 5.56 Å². The standard InChI is InChI=1S/C32H53FN6O6/c1-4-6-7-8-9-10-11-12-13-14-15-16-17-23(45-31(42)26(34)21(3)5-2)30(41)43-19-24-22(33)18-25(44-24)39-20-36-27-28(39)37-32(35)38-29(27)40/h20-26H,4-19,34H2,1-3H3,(H3,35,37,38,40)/t21-,22-,23?,24+,25+,26-/m0/s1. The van der Waals surface area contributed by atoms with Crippen LogP contribution in [-0.4, -0.2) is 62.5 Å². The van der Waals surface area contributed by atoms with Gasteiger partial charge in [0, 0.05) is 6.42 Å². The van der Waals surface area contributed by atoms with Crippen LogP contribution in [0.4, 0.5) is 10.3 Å². The Morgan fingerprint density at radius 2 is 1.69 bits per heavy atom. The topological polar surface area (TPSA) is 177 Å². The summed E-state index contributed by atoms with van der Waals surface area (Å²) in [5.41, 5.74) is 11.4. The smallest absolute Gasteiger partial charge is 0.347 e. The van der Waals surface area contributed by atoms with Crippen LogP contribution in [0.2, 0.25) is 0 Å². The van der Waals surface area contributed by atoms with E-state index in [1.807, 2.05) is 13.8 Å². The van der Waals surface area contributed by atoms with Gasteiger partial charge in [0.2, 0.25) is 5.95 Å². The number of rotatable bonds is 21. The number of halogens is 1. The third-order valence-corrected chi connectivity index (χ3v) is 8.68. The lowest BCUT2D eigenvalue weighted by molar-refractivity contribution is -0.173. The second kappa shape index (κ2) is 18.8. The van der Waals surface area contributed by atoms with E-state index in [1.54, 1.807) is 0 Å². The van der Waals surface area contributed by atoms with Crippen molar-refractivity contribution in [2.75, 3.05) is 12.3 Å². The van der Waals surface area contributed by atoms with Crippen LogP contribution in [0.15, 0.2) is 11.1 Å². The van der Waals surface area contributed by atoms with Gasteiger partial charge in [-0.3, -0.25) is 19.1 Å². The van der Waals surface area contributed by atoms with Crippen molar-refractivity contribution in [2.24, 2.45) is 11.7 Å². The predicted molar refractivity (Wildman–Crippen MR) is 170 cm³/mol. The number of nitrogens with one attached hydrogen (secondary N) is 1. The lowest BCUT2D eigenvalue weighted by Crippen LogP contribution is -2.42. The van der Waals surface area contributed by atoms with Crippen LogP contribution in [0, 0.1) is 5.92 Å². The maximum absolute atomic E-state index is 15.0. The molecule has 13 heteroatoms. The summed E-state index contributed by atoms with van der Waals surface area (Å²) >= 11 is 0. The van der Waals surface area contributed by atoms with Crippen molar-refractivity contribution in [1.82, 2.24) is 19.5 Å². The quantitative estimate of drug-likeness (QED) is 0.121. The molecule has 45 heavy (non-hydrogen) atoms. The Balaban J connectivity index is 1.49. The largest absolute Gasteiger partial charge is 0.460 e. The first-order chi connectivity index (χ1) is 21.7. The summed E-state index contributed by atoms with van der Waals surface area (Å²) in [7, 11) is 0. The van der Waals surface area contributed by atoms with Gasteiger partial charge in [-0.1, -0.05) is 97.8 Å². The number of esters is 2. The van der Waals surface area contributed by atoms with E-state index in [-0.39, 0.29) is 36.1 Å². The van der Waals surface area contributed by atoms with E-state index in [0.29, 0.717) is 19.3 Å². The molecule has 0 amide bonds. The molecule has 0 saturated carbocycles. The number of nitrogens with two attached hydrogens (primary N) is 2. The molecule has 1 saturated heterocycles. The van der Waals surface area contributed by atoms with Crippen LogP contribution < -0.4 is 17.0 Å². The Labute approximate surface area is 265 Å². The fourth-order valence-corrected chi connectivity index (χ4v) is 5.52. The zero-order valence-electron chi connectivity index (χ0n) is 27.2. The molecule has 6 atom stereocenters. The molecule has 5 N–H and O–H groups in total. The number of aromatic nitrogens is 4. The Hall–Kier alpha value is -3.06. The van der Waals surface area contributed by atoms with Crippen molar-refractivity contribution in [1.29, 1.82) is 0 Å². The number of hydrogen-bond donors (Lipinski definition) is 3. The number of H-pyrrole nitrogens is 1. The summed E-state index contributed by atoms with van der Waals surface area (Å²) < 4.78 is 33.2. The van der Waals surface area contributed by atoms with Crippen LogP contribution in [-0.2, 0) is 23.8 Å². The van der Waals surface area contributed by atoms with Crippen LogP contribution in [0.25, 0.3) is 11.2 Å². The SMILES string of the molecule is CCCCCCCCCCCCCCC(OC(=O)[C@@H](N)[C@@H](C)CC)C(=O)OC[C@H]1O[C@@H](n2cnc3c(=O)[nH]c(N)nc32)C[C@@H]1F. The Bertz CT molecular complexity index is 1250. The van der Waals surface area contributed by atoms with E-state index in [0.717, 1.165) is 19.3 Å². The average Bonchev–Trinajstić information content (AvgIpc) is 3.61. The summed E-state index contributed by atoms with van der Waals surface area (Å²) in [4.78, 5) is 48.4. The number of ether oxygens (including phenoxy) is 3. The molecule has 1 fully saturated rings. The summed E-state index contributed by atoms with van der Waals surface area (Å²) in [5.74, 6) is -1.62. The molecule has 3 rings (SSSR count). The number of anilines is 1. The van der Waals surface area contributed by atoms with E-state index in [1.165, 1.54) is 62.3 Å². The van der Waals surface area contributed by atoms with Crippen molar-refractivity contribution in [2.45, 2.75) is 148 Å². The minimum atomic E-state index is -1.46. The molecule has 2 aromatic heterocycles. The zero-order valence-corrected chi connectivity index (χ0v) is 27.2. The normalized spacial score (nSPS) is 20.2. The molecule has 1 aliphatic rings. The number of nitrogen functional groups attached to an aromatic ring is 1. The van der Waals surface area contributed by atoms with Crippen molar-refractivity contribution in [3.05, 3.63) is 16.7 Å². The number of alkyl halides is 1. The van der Waals surface area contributed by atoms with E-state index in [9.17, 15) is 18.8 Å². The fourth-order valence-electron chi connectivity index (χ4n) is 5.52. The first kappa shape index (κ1) is 36.4. The number of nitrogens with zero attached hydrogens (tertiary/aromatic N) is 3. The summed E-state index contributed by atoms with van der Waals surface area (Å²) in [5, 5.41) is 0. The van der Waals surface area contributed by atoms with E-state index >= 15 is 0 Å². The fraction of sp³-hybridized carbons (Fsp3) is 0.781. The Morgan fingerprint density at radius 1 is 1.07 bits per heavy atom. The summed E-state index contributed by atoms with van der Waals surface area (Å²) in [6, 6.07) is -0.860. The molecule has 0 aliphatic carbocycles. The molecule has 0 bridgehead atoms. The number of hydrogen-bond acceptors (Lipinski definition) is 10. The van der Waals surface area contributed by atoms with Gasteiger partial charge in [-0.05, 0) is 18.8 Å².